The Hall–Kier alpha value is -1.03. The Morgan fingerprint density at radius 1 is 1.50 bits per heavy atom. The molecule has 0 spiro atoms. The lowest BCUT2D eigenvalue weighted by Crippen LogP contribution is -2.01. The standard InChI is InChI=1S/C8H4ClF2NOS/c9-6-2-1-5(12-4-14)3-7(6)13-8(10)11/h1-3,8H. The van der Waals surface area contributed by atoms with Crippen molar-refractivity contribution in [3.05, 3.63) is 23.2 Å². The molecule has 0 atom stereocenters. The Balaban J connectivity index is 3.01. The maximum absolute atomic E-state index is 11.9. The van der Waals surface area contributed by atoms with E-state index in [0.29, 0.717) is 5.69 Å². The molecule has 0 saturated heterocycles. The monoisotopic (exact) mass is 235 g/mol. The Kier molecular flexibility index (Phi) is 3.95. The number of aliphatic imine (C=N–C) groups is 1. The fraction of sp³-hybridized carbons (Fsp3) is 0.125. The third-order valence-electron chi connectivity index (χ3n) is 1.31. The Morgan fingerprint density at radius 2 is 2.21 bits per heavy atom. The highest BCUT2D eigenvalue weighted by Crippen LogP contribution is 2.30. The van der Waals surface area contributed by atoms with Crippen molar-refractivity contribution >= 4 is 34.7 Å². The second-order valence-electron chi connectivity index (χ2n) is 2.20. The summed E-state index contributed by atoms with van der Waals surface area (Å²) in [6.07, 6.45) is 0. The van der Waals surface area contributed by atoms with Gasteiger partial charge in [-0.3, -0.25) is 0 Å². The highest BCUT2D eigenvalue weighted by Gasteiger charge is 2.08. The van der Waals surface area contributed by atoms with Gasteiger partial charge in [0.2, 0.25) is 0 Å². The molecule has 0 aliphatic heterocycles. The summed E-state index contributed by atoms with van der Waals surface area (Å²) in [6, 6.07) is 4.17. The third-order valence-corrected chi connectivity index (χ3v) is 1.71. The lowest BCUT2D eigenvalue weighted by Gasteiger charge is -2.06. The maximum Gasteiger partial charge on any atom is 0.387 e. The number of hydrogen-bond acceptors (Lipinski definition) is 3. The summed E-state index contributed by atoms with van der Waals surface area (Å²) >= 11 is 9.95. The van der Waals surface area contributed by atoms with E-state index in [1.54, 1.807) is 0 Å². The predicted molar refractivity (Wildman–Crippen MR) is 52.8 cm³/mol. The number of benzene rings is 1. The smallest absolute Gasteiger partial charge is 0.387 e. The summed E-state index contributed by atoms with van der Waals surface area (Å²) in [6.45, 7) is -2.92. The van der Waals surface area contributed by atoms with Crippen molar-refractivity contribution in [1.82, 2.24) is 0 Å². The van der Waals surface area contributed by atoms with Crippen LogP contribution in [0.25, 0.3) is 0 Å². The molecular weight excluding hydrogens is 232 g/mol. The summed E-state index contributed by atoms with van der Waals surface area (Å²) in [5.74, 6) is -0.131. The molecule has 0 radical (unpaired) electrons. The van der Waals surface area contributed by atoms with Crippen LogP contribution in [0.15, 0.2) is 23.2 Å². The topological polar surface area (TPSA) is 21.6 Å². The van der Waals surface area contributed by atoms with E-state index in [1.165, 1.54) is 18.2 Å². The van der Waals surface area contributed by atoms with Crippen molar-refractivity contribution in [3.8, 4) is 5.75 Å². The highest BCUT2D eigenvalue weighted by molar-refractivity contribution is 7.78. The minimum Gasteiger partial charge on any atom is -0.433 e. The first-order chi connectivity index (χ1) is 6.63. The molecule has 0 bridgehead atoms. The van der Waals surface area contributed by atoms with Crippen LogP contribution in [-0.4, -0.2) is 11.8 Å². The number of alkyl halides is 2. The molecule has 1 aromatic rings. The summed E-state index contributed by atoms with van der Waals surface area (Å²) in [5, 5.41) is 2.20. The molecular formula is C8H4ClF2NOS. The normalized spacial score (nSPS) is 9.71. The van der Waals surface area contributed by atoms with Gasteiger partial charge in [0, 0.05) is 6.07 Å². The van der Waals surface area contributed by atoms with Gasteiger partial charge in [0.15, 0.2) is 0 Å². The van der Waals surface area contributed by atoms with Gasteiger partial charge in [-0.15, -0.1) is 0 Å². The first kappa shape index (κ1) is 11.0. The average molecular weight is 236 g/mol. The number of hydrogen-bond donors (Lipinski definition) is 0. The zero-order valence-corrected chi connectivity index (χ0v) is 8.28. The molecule has 1 rings (SSSR count). The summed E-state index contributed by atoms with van der Waals surface area (Å²) < 4.78 is 27.9. The van der Waals surface area contributed by atoms with Crippen LogP contribution in [0.4, 0.5) is 14.5 Å². The molecule has 2 nitrogen and oxygen atoms in total. The number of nitrogens with zero attached hydrogens (tertiary/aromatic N) is 1. The molecule has 0 heterocycles. The summed E-state index contributed by atoms with van der Waals surface area (Å²) in [5.41, 5.74) is 0.361. The SMILES string of the molecule is FC(F)Oc1cc(N=C=S)ccc1Cl. The zero-order valence-electron chi connectivity index (χ0n) is 6.71. The number of thiocarbonyl (C=S) groups is 1. The maximum atomic E-state index is 11.9. The van der Waals surface area contributed by atoms with Crippen molar-refractivity contribution in [1.29, 1.82) is 0 Å². The van der Waals surface area contributed by atoms with E-state index in [-0.39, 0.29) is 10.8 Å². The van der Waals surface area contributed by atoms with Crippen LogP contribution >= 0.6 is 23.8 Å². The fourth-order valence-corrected chi connectivity index (χ4v) is 1.07. The molecule has 0 aromatic heterocycles. The summed E-state index contributed by atoms with van der Waals surface area (Å²) in [7, 11) is 0. The van der Waals surface area contributed by atoms with E-state index < -0.39 is 6.61 Å². The first-order valence-corrected chi connectivity index (χ1v) is 4.24. The Morgan fingerprint density at radius 3 is 2.79 bits per heavy atom. The Bertz CT molecular complexity index is 380. The van der Waals surface area contributed by atoms with Gasteiger partial charge >= 0.3 is 6.61 Å². The van der Waals surface area contributed by atoms with E-state index in [9.17, 15) is 8.78 Å². The first-order valence-electron chi connectivity index (χ1n) is 3.45. The minimum atomic E-state index is -2.92. The van der Waals surface area contributed by atoms with Crippen LogP contribution < -0.4 is 4.74 Å². The van der Waals surface area contributed by atoms with Gasteiger partial charge in [-0.25, -0.2) is 0 Å². The van der Waals surface area contributed by atoms with Gasteiger partial charge < -0.3 is 4.74 Å². The molecule has 0 saturated carbocycles. The molecule has 0 unspecified atom stereocenters. The molecule has 0 N–H and O–H groups in total. The number of isothiocyanates is 1. The van der Waals surface area contributed by atoms with Crippen LogP contribution in [0.2, 0.25) is 5.02 Å². The average Bonchev–Trinajstić information content (AvgIpc) is 2.10. The molecule has 0 fully saturated rings. The van der Waals surface area contributed by atoms with E-state index >= 15 is 0 Å². The number of halogens is 3. The largest absolute Gasteiger partial charge is 0.433 e. The van der Waals surface area contributed by atoms with Crippen LogP contribution in [0.3, 0.4) is 0 Å². The molecule has 74 valence electrons. The third kappa shape index (κ3) is 3.03. The molecule has 0 amide bonds. The van der Waals surface area contributed by atoms with E-state index in [1.807, 2.05) is 0 Å². The Labute approximate surface area is 89.2 Å². The lowest BCUT2D eigenvalue weighted by molar-refractivity contribution is -0.0497. The van der Waals surface area contributed by atoms with Gasteiger partial charge in [0.05, 0.1) is 15.9 Å². The number of ether oxygens (including phenoxy) is 1. The van der Waals surface area contributed by atoms with Crippen molar-refractivity contribution in [2.45, 2.75) is 6.61 Å². The van der Waals surface area contributed by atoms with E-state index in [0.717, 1.165) is 0 Å². The second kappa shape index (κ2) is 5.00. The van der Waals surface area contributed by atoms with Gasteiger partial charge in [-0.05, 0) is 24.4 Å². The van der Waals surface area contributed by atoms with Crippen LogP contribution in [0.1, 0.15) is 0 Å². The van der Waals surface area contributed by atoms with Crippen LogP contribution in [0, 0.1) is 0 Å². The van der Waals surface area contributed by atoms with E-state index in [2.05, 4.69) is 27.1 Å². The quantitative estimate of drug-likeness (QED) is 0.589. The van der Waals surface area contributed by atoms with E-state index in [4.69, 9.17) is 11.6 Å². The second-order valence-corrected chi connectivity index (χ2v) is 2.79. The fourth-order valence-electron chi connectivity index (χ4n) is 0.801. The van der Waals surface area contributed by atoms with Crippen LogP contribution in [0.5, 0.6) is 5.75 Å². The van der Waals surface area contributed by atoms with Crippen molar-refractivity contribution in [2.24, 2.45) is 4.99 Å². The van der Waals surface area contributed by atoms with Crippen molar-refractivity contribution in [2.75, 3.05) is 0 Å². The predicted octanol–water partition coefficient (Wildman–Crippen LogP) is 3.68. The minimum absolute atomic E-state index is 0.0913. The molecule has 14 heavy (non-hydrogen) atoms. The molecule has 0 aliphatic rings. The molecule has 1 aromatic carbocycles. The van der Waals surface area contributed by atoms with Gasteiger partial charge in [0.1, 0.15) is 5.75 Å². The lowest BCUT2D eigenvalue weighted by atomic mass is 10.3. The molecule has 6 heteroatoms. The molecule has 0 aliphatic carbocycles. The highest BCUT2D eigenvalue weighted by atomic mass is 35.5. The van der Waals surface area contributed by atoms with Gasteiger partial charge in [-0.1, -0.05) is 11.6 Å². The summed E-state index contributed by atoms with van der Waals surface area (Å²) in [4.78, 5) is 3.60. The van der Waals surface area contributed by atoms with Gasteiger partial charge in [-0.2, -0.15) is 13.8 Å². The van der Waals surface area contributed by atoms with Gasteiger partial charge in [0.25, 0.3) is 0 Å². The van der Waals surface area contributed by atoms with Crippen molar-refractivity contribution in [3.63, 3.8) is 0 Å². The zero-order chi connectivity index (χ0) is 10.6. The number of rotatable bonds is 3. The van der Waals surface area contributed by atoms with Crippen molar-refractivity contribution < 1.29 is 13.5 Å². The van der Waals surface area contributed by atoms with Crippen LogP contribution in [-0.2, 0) is 0 Å².